The van der Waals surface area contributed by atoms with Gasteiger partial charge < -0.3 is 0 Å². The molecule has 0 fully saturated rings. The monoisotopic (exact) mass is 603 g/mol. The van der Waals surface area contributed by atoms with E-state index in [9.17, 15) is 0 Å². The normalized spacial score (nSPS) is 12.2. The Morgan fingerprint density at radius 1 is 0.364 bits per heavy atom. The first-order valence-corrected chi connectivity index (χ1v) is 19.9. The maximum atomic E-state index is 2.64. The molecule has 1 atom stereocenters. The quantitative estimate of drug-likeness (QED) is 0.0850. The Bertz CT molecular complexity index is 953. The van der Waals surface area contributed by atoms with E-state index in [2.05, 4.69) is 71.0 Å². The van der Waals surface area contributed by atoms with Gasteiger partial charge in [0.25, 0.3) is 0 Å². The van der Waals surface area contributed by atoms with Crippen molar-refractivity contribution in [1.82, 2.24) is 0 Å². The maximum absolute atomic E-state index is 2.64. The summed E-state index contributed by atoms with van der Waals surface area (Å²) in [5.74, 6) is 0.795. The molecule has 44 heavy (non-hydrogen) atoms. The average molecular weight is 603 g/mol. The minimum atomic E-state index is 0.795. The third-order valence-corrected chi connectivity index (χ3v) is 10.1. The third kappa shape index (κ3) is 16.7. The van der Waals surface area contributed by atoms with Crippen LogP contribution in [0.15, 0.2) is 36.4 Å². The number of hydrogen-bond acceptors (Lipinski definition) is 0. The molecule has 0 heteroatoms. The van der Waals surface area contributed by atoms with E-state index in [-0.39, 0.29) is 0 Å². The number of aryl methyl sites for hydroxylation is 5. The number of hydrogen-bond donors (Lipinski definition) is 0. The Morgan fingerprint density at radius 2 is 0.773 bits per heavy atom. The van der Waals surface area contributed by atoms with Crippen LogP contribution in [0.1, 0.15) is 196 Å². The van der Waals surface area contributed by atoms with Gasteiger partial charge in [0.2, 0.25) is 0 Å². The molecule has 0 saturated heterocycles. The van der Waals surface area contributed by atoms with Gasteiger partial charge in [-0.15, -0.1) is 0 Å². The zero-order valence-electron chi connectivity index (χ0n) is 30.4. The molecule has 2 rings (SSSR count). The van der Waals surface area contributed by atoms with E-state index in [4.69, 9.17) is 0 Å². The van der Waals surface area contributed by atoms with Gasteiger partial charge in [-0.05, 0) is 110 Å². The molecule has 0 heterocycles. The Balaban J connectivity index is 2.15. The second-order valence-corrected chi connectivity index (χ2v) is 14.2. The lowest BCUT2D eigenvalue weighted by atomic mass is 9.86. The second-order valence-electron chi connectivity index (χ2n) is 14.2. The molecule has 250 valence electrons. The molecule has 0 spiro atoms. The van der Waals surface area contributed by atoms with Crippen molar-refractivity contribution < 1.29 is 0 Å². The number of rotatable bonds is 28. The second kappa shape index (κ2) is 25.6. The van der Waals surface area contributed by atoms with Gasteiger partial charge in [0.15, 0.2) is 0 Å². The lowest BCUT2D eigenvalue weighted by Crippen LogP contribution is -2.08. The summed E-state index contributed by atoms with van der Waals surface area (Å²) in [7, 11) is 0. The molecule has 0 bridgehead atoms. The summed E-state index contributed by atoms with van der Waals surface area (Å²) in [5.41, 5.74) is 9.81. The third-order valence-electron chi connectivity index (χ3n) is 10.1. The first-order valence-electron chi connectivity index (χ1n) is 19.9. The van der Waals surface area contributed by atoms with E-state index in [0.29, 0.717) is 0 Å². The molecule has 0 amide bonds. The highest BCUT2D eigenvalue weighted by Crippen LogP contribution is 2.26. The molecule has 0 N–H and O–H groups in total. The molecular weight excluding hydrogens is 528 g/mol. The van der Waals surface area contributed by atoms with E-state index in [1.807, 2.05) is 0 Å². The van der Waals surface area contributed by atoms with Crippen LogP contribution in [-0.2, 0) is 38.5 Å². The van der Waals surface area contributed by atoms with Crippen LogP contribution in [0, 0.1) is 5.92 Å². The molecule has 2 aromatic carbocycles. The van der Waals surface area contributed by atoms with Crippen molar-refractivity contribution in [3.05, 3.63) is 69.8 Å². The van der Waals surface area contributed by atoms with Gasteiger partial charge in [-0.1, -0.05) is 167 Å². The Labute approximate surface area is 276 Å². The van der Waals surface area contributed by atoms with Crippen molar-refractivity contribution in [3.63, 3.8) is 0 Å². The predicted octanol–water partition coefficient (Wildman–Crippen LogP) is 14.2. The van der Waals surface area contributed by atoms with Gasteiger partial charge in [-0.2, -0.15) is 0 Å². The molecular formula is C44H74. The summed E-state index contributed by atoms with van der Waals surface area (Å²) in [4.78, 5) is 0. The molecule has 0 aromatic heterocycles. The fourth-order valence-corrected chi connectivity index (χ4v) is 7.12. The van der Waals surface area contributed by atoms with E-state index in [1.54, 1.807) is 33.4 Å². The molecule has 0 aliphatic carbocycles. The van der Waals surface area contributed by atoms with Gasteiger partial charge in [-0.3, -0.25) is 0 Å². The highest BCUT2D eigenvalue weighted by Gasteiger charge is 2.14. The minimum Gasteiger partial charge on any atom is -0.0654 e. The van der Waals surface area contributed by atoms with Crippen molar-refractivity contribution in [2.75, 3.05) is 0 Å². The van der Waals surface area contributed by atoms with Crippen LogP contribution in [0.2, 0.25) is 0 Å². The Hall–Kier alpha value is -1.56. The van der Waals surface area contributed by atoms with E-state index in [1.165, 1.54) is 167 Å². The number of benzene rings is 2. The predicted molar refractivity (Wildman–Crippen MR) is 199 cm³/mol. The van der Waals surface area contributed by atoms with Crippen molar-refractivity contribution in [1.29, 1.82) is 0 Å². The first kappa shape index (κ1) is 38.6. The lowest BCUT2D eigenvalue weighted by Gasteiger charge is -2.20. The number of unbranched alkanes of at least 4 members (excludes halogenated alkanes) is 13. The fraction of sp³-hybridized carbons (Fsp3) is 0.727. The Morgan fingerprint density at radius 3 is 1.30 bits per heavy atom. The van der Waals surface area contributed by atoms with Crippen LogP contribution in [0.3, 0.4) is 0 Å². The summed E-state index contributed by atoms with van der Waals surface area (Å²) >= 11 is 0. The minimum absolute atomic E-state index is 0.795. The van der Waals surface area contributed by atoms with E-state index >= 15 is 0 Å². The molecule has 0 nitrogen and oxygen atoms in total. The van der Waals surface area contributed by atoms with Gasteiger partial charge >= 0.3 is 0 Å². The van der Waals surface area contributed by atoms with Gasteiger partial charge in [-0.25, -0.2) is 0 Å². The zero-order valence-corrected chi connectivity index (χ0v) is 30.4. The van der Waals surface area contributed by atoms with Crippen molar-refractivity contribution in [3.8, 4) is 0 Å². The van der Waals surface area contributed by atoms with Crippen LogP contribution in [0.25, 0.3) is 0 Å². The smallest absolute Gasteiger partial charge is 0.0250 e. The van der Waals surface area contributed by atoms with Crippen LogP contribution >= 0.6 is 0 Å². The zero-order chi connectivity index (χ0) is 31.7. The SMILES string of the molecule is CCCCCCCCC(CCc1ccc(CCCCC)c(CCCCC)c1)Cc1ccc(CCCCC)c(CCCCC)c1. The lowest BCUT2D eigenvalue weighted by molar-refractivity contribution is 0.421. The average Bonchev–Trinajstić information content (AvgIpc) is 3.03. The summed E-state index contributed by atoms with van der Waals surface area (Å²) in [5, 5.41) is 0. The van der Waals surface area contributed by atoms with Gasteiger partial charge in [0, 0.05) is 0 Å². The topological polar surface area (TPSA) is 0 Å². The molecule has 0 saturated carbocycles. The standard InChI is InChI=1S/C44H74/c1-6-11-16-17-18-23-24-38(35-40-32-34-42(26-20-13-8-3)44(37-40)28-22-15-10-5)29-30-39-31-33-41(25-19-12-7-2)43(36-39)27-21-14-9-4/h31-34,36-38H,6-30,35H2,1-5H3. The molecule has 0 aliphatic rings. The summed E-state index contributed by atoms with van der Waals surface area (Å²) in [6, 6.07) is 15.3. The van der Waals surface area contributed by atoms with Crippen molar-refractivity contribution in [2.45, 2.75) is 202 Å². The summed E-state index contributed by atoms with van der Waals surface area (Å²) in [6.45, 7) is 11.6. The summed E-state index contributed by atoms with van der Waals surface area (Å²) in [6.07, 6.45) is 34.8. The Kier molecular flexibility index (Phi) is 22.5. The van der Waals surface area contributed by atoms with Gasteiger partial charge in [0.1, 0.15) is 0 Å². The van der Waals surface area contributed by atoms with Crippen molar-refractivity contribution >= 4 is 0 Å². The maximum Gasteiger partial charge on any atom is -0.0250 e. The molecule has 0 aliphatic heterocycles. The highest BCUT2D eigenvalue weighted by molar-refractivity contribution is 5.34. The molecule has 2 aromatic rings. The molecule has 0 radical (unpaired) electrons. The summed E-state index contributed by atoms with van der Waals surface area (Å²) < 4.78 is 0. The van der Waals surface area contributed by atoms with Gasteiger partial charge in [0.05, 0.1) is 0 Å². The van der Waals surface area contributed by atoms with E-state index in [0.717, 1.165) is 5.92 Å². The van der Waals surface area contributed by atoms with Crippen molar-refractivity contribution in [2.24, 2.45) is 5.92 Å². The van der Waals surface area contributed by atoms with E-state index < -0.39 is 0 Å². The fourth-order valence-electron chi connectivity index (χ4n) is 7.12. The van der Waals surface area contributed by atoms with Crippen LogP contribution in [-0.4, -0.2) is 0 Å². The molecule has 1 unspecified atom stereocenters. The largest absolute Gasteiger partial charge is 0.0654 e. The van der Waals surface area contributed by atoms with Crippen LogP contribution < -0.4 is 0 Å². The van der Waals surface area contributed by atoms with Crippen LogP contribution in [0.5, 0.6) is 0 Å². The van der Waals surface area contributed by atoms with Crippen LogP contribution in [0.4, 0.5) is 0 Å². The highest BCUT2D eigenvalue weighted by atomic mass is 14.2. The first-order chi connectivity index (χ1) is 21.6.